The minimum atomic E-state index is 0.0405. The fraction of sp³-hybridized carbons (Fsp3) is 0.188. The van der Waals surface area contributed by atoms with E-state index in [1.165, 1.54) is 11.9 Å². The zero-order valence-electron chi connectivity index (χ0n) is 12.4. The van der Waals surface area contributed by atoms with Crippen molar-refractivity contribution in [3.63, 3.8) is 0 Å². The maximum atomic E-state index is 11.7. The monoisotopic (exact) mass is 312 g/mol. The molecule has 112 valence electrons. The third-order valence-corrected chi connectivity index (χ3v) is 4.27. The molecule has 0 saturated carbocycles. The summed E-state index contributed by atoms with van der Waals surface area (Å²) in [6, 6.07) is 7.55. The highest BCUT2D eigenvalue weighted by Gasteiger charge is 2.10. The van der Waals surface area contributed by atoms with Crippen molar-refractivity contribution in [2.75, 3.05) is 4.72 Å². The Morgan fingerprint density at radius 1 is 1.27 bits per heavy atom. The number of fused-ring (bicyclic) bond motifs is 1. The van der Waals surface area contributed by atoms with Gasteiger partial charge in [-0.15, -0.1) is 0 Å². The second-order valence-corrected chi connectivity index (χ2v) is 5.59. The number of nitrogens with one attached hydrogen (secondary N) is 1. The molecule has 1 N–H and O–H groups in total. The van der Waals surface area contributed by atoms with Gasteiger partial charge in [0.15, 0.2) is 10.9 Å². The fourth-order valence-corrected chi connectivity index (χ4v) is 3.09. The zero-order valence-corrected chi connectivity index (χ0v) is 13.2. The predicted octanol–water partition coefficient (Wildman–Crippen LogP) is 3.77. The van der Waals surface area contributed by atoms with E-state index >= 15 is 0 Å². The Morgan fingerprint density at radius 3 is 2.91 bits per heavy atom. The van der Waals surface area contributed by atoms with Crippen LogP contribution in [-0.4, -0.2) is 20.3 Å². The predicted molar refractivity (Wildman–Crippen MR) is 89.1 cm³/mol. The number of carbonyl (C=O) groups excluding carboxylic acids is 1. The number of aryl methyl sites for hydroxylation is 1. The molecule has 0 bridgehead atoms. The first-order chi connectivity index (χ1) is 10.7. The summed E-state index contributed by atoms with van der Waals surface area (Å²) in [5.74, 6) is 0.0405. The number of hydrogen-bond acceptors (Lipinski definition) is 5. The average Bonchev–Trinajstić information content (AvgIpc) is 2.99. The maximum absolute atomic E-state index is 11.7. The van der Waals surface area contributed by atoms with Crippen molar-refractivity contribution in [1.82, 2.24) is 14.5 Å². The Morgan fingerprint density at radius 2 is 2.14 bits per heavy atom. The molecular formula is C16H16N4OS. The van der Waals surface area contributed by atoms with Crippen LogP contribution in [-0.2, 0) is 6.54 Å². The van der Waals surface area contributed by atoms with Gasteiger partial charge in [-0.2, -0.15) is 0 Å². The summed E-state index contributed by atoms with van der Waals surface area (Å²) in [7, 11) is 0. The molecule has 2 heterocycles. The molecule has 0 atom stereocenters. The molecule has 0 aliphatic rings. The number of nitrogens with zero attached hydrogens (tertiary/aromatic N) is 3. The van der Waals surface area contributed by atoms with E-state index in [9.17, 15) is 4.79 Å². The topological polar surface area (TPSA) is 59.8 Å². The SMILES string of the molecule is CCn1ccnc1SNc1cccc2c(C(C)=O)ccnc12. The second-order valence-electron chi connectivity index (χ2n) is 4.82. The first-order valence-corrected chi connectivity index (χ1v) is 7.85. The van der Waals surface area contributed by atoms with Gasteiger partial charge in [0.25, 0.3) is 0 Å². The van der Waals surface area contributed by atoms with E-state index < -0.39 is 0 Å². The number of hydrogen-bond donors (Lipinski definition) is 1. The molecule has 22 heavy (non-hydrogen) atoms. The summed E-state index contributed by atoms with van der Waals surface area (Å²) in [6.07, 6.45) is 5.39. The Hall–Kier alpha value is -2.34. The van der Waals surface area contributed by atoms with Crippen molar-refractivity contribution in [2.24, 2.45) is 0 Å². The van der Waals surface area contributed by atoms with Gasteiger partial charge in [-0.25, -0.2) is 4.98 Å². The van der Waals surface area contributed by atoms with E-state index in [0.29, 0.717) is 5.56 Å². The quantitative estimate of drug-likeness (QED) is 0.574. The van der Waals surface area contributed by atoms with Crippen LogP contribution in [0.5, 0.6) is 0 Å². The lowest BCUT2D eigenvalue weighted by molar-refractivity contribution is 0.101. The molecule has 3 aromatic rings. The number of benzene rings is 1. The van der Waals surface area contributed by atoms with Crippen molar-refractivity contribution < 1.29 is 4.79 Å². The smallest absolute Gasteiger partial charge is 0.188 e. The van der Waals surface area contributed by atoms with Gasteiger partial charge in [0.2, 0.25) is 0 Å². The minimum absolute atomic E-state index is 0.0405. The molecular weight excluding hydrogens is 296 g/mol. The molecule has 0 spiro atoms. The van der Waals surface area contributed by atoms with Gasteiger partial charge in [-0.05, 0) is 26.0 Å². The molecule has 0 aliphatic heterocycles. The first kappa shape index (κ1) is 14.6. The lowest BCUT2D eigenvalue weighted by Gasteiger charge is -2.10. The number of para-hydroxylation sites is 1. The Bertz CT molecular complexity index is 828. The Labute approximate surface area is 132 Å². The van der Waals surface area contributed by atoms with Gasteiger partial charge < -0.3 is 9.29 Å². The van der Waals surface area contributed by atoms with E-state index in [-0.39, 0.29) is 5.78 Å². The van der Waals surface area contributed by atoms with E-state index in [1.807, 2.05) is 24.4 Å². The Kier molecular flexibility index (Phi) is 4.11. The molecule has 1 aromatic carbocycles. The lowest BCUT2D eigenvalue weighted by atomic mass is 10.1. The maximum Gasteiger partial charge on any atom is 0.188 e. The summed E-state index contributed by atoms with van der Waals surface area (Å²) in [5.41, 5.74) is 2.35. The average molecular weight is 312 g/mol. The van der Waals surface area contributed by atoms with Crippen molar-refractivity contribution >= 4 is 34.3 Å². The molecule has 0 unspecified atom stereocenters. The number of Topliss-reactive ketones (excluding diaryl/α,β-unsaturated/α-hetero) is 1. The van der Waals surface area contributed by atoms with E-state index in [2.05, 4.69) is 26.2 Å². The summed E-state index contributed by atoms with van der Waals surface area (Å²) >= 11 is 1.44. The van der Waals surface area contributed by atoms with E-state index in [1.54, 1.807) is 25.4 Å². The van der Waals surface area contributed by atoms with Crippen LogP contribution in [0.1, 0.15) is 24.2 Å². The van der Waals surface area contributed by atoms with Crippen molar-refractivity contribution in [1.29, 1.82) is 0 Å². The molecule has 0 amide bonds. The summed E-state index contributed by atoms with van der Waals surface area (Å²) in [5, 5.41) is 1.75. The summed E-state index contributed by atoms with van der Waals surface area (Å²) < 4.78 is 5.34. The van der Waals surface area contributed by atoms with Crippen LogP contribution >= 0.6 is 11.9 Å². The second kappa shape index (κ2) is 6.19. The third-order valence-electron chi connectivity index (χ3n) is 3.42. The number of carbonyl (C=O) groups is 1. The van der Waals surface area contributed by atoms with Crippen LogP contribution in [0.25, 0.3) is 10.9 Å². The van der Waals surface area contributed by atoms with Crippen molar-refractivity contribution in [3.05, 3.63) is 48.4 Å². The van der Waals surface area contributed by atoms with Crippen LogP contribution in [0, 0.1) is 0 Å². The van der Waals surface area contributed by atoms with Crippen LogP contribution in [0.3, 0.4) is 0 Å². The standard InChI is InChI=1S/C16H16N4OS/c1-3-20-10-9-18-16(20)22-19-14-6-4-5-13-12(11(2)21)7-8-17-15(13)14/h4-10,19H,3H2,1-2H3. The zero-order chi connectivity index (χ0) is 15.5. The van der Waals surface area contributed by atoms with Crippen LogP contribution in [0.2, 0.25) is 0 Å². The van der Waals surface area contributed by atoms with E-state index in [0.717, 1.165) is 28.3 Å². The normalized spacial score (nSPS) is 10.8. The van der Waals surface area contributed by atoms with Crippen LogP contribution in [0.15, 0.2) is 48.0 Å². The van der Waals surface area contributed by atoms with Gasteiger partial charge in [0.05, 0.1) is 11.2 Å². The largest absolute Gasteiger partial charge is 0.325 e. The lowest BCUT2D eigenvalue weighted by Crippen LogP contribution is -1.99. The van der Waals surface area contributed by atoms with Gasteiger partial charge >= 0.3 is 0 Å². The van der Waals surface area contributed by atoms with Gasteiger partial charge in [-0.3, -0.25) is 9.78 Å². The Balaban J connectivity index is 1.94. The van der Waals surface area contributed by atoms with Crippen LogP contribution in [0.4, 0.5) is 5.69 Å². The highest BCUT2D eigenvalue weighted by Crippen LogP contribution is 2.28. The number of rotatable bonds is 5. The number of anilines is 1. The molecule has 0 aliphatic carbocycles. The highest BCUT2D eigenvalue weighted by molar-refractivity contribution is 8.00. The molecule has 0 fully saturated rings. The van der Waals surface area contributed by atoms with Crippen LogP contribution < -0.4 is 4.72 Å². The highest BCUT2D eigenvalue weighted by atomic mass is 32.2. The molecule has 5 nitrogen and oxygen atoms in total. The third kappa shape index (κ3) is 2.69. The summed E-state index contributed by atoms with van der Waals surface area (Å²) in [6.45, 7) is 4.51. The number of imidazole rings is 1. The van der Waals surface area contributed by atoms with Gasteiger partial charge in [0.1, 0.15) is 0 Å². The fourth-order valence-electron chi connectivity index (χ4n) is 2.31. The summed E-state index contributed by atoms with van der Waals surface area (Å²) in [4.78, 5) is 20.5. The minimum Gasteiger partial charge on any atom is -0.325 e. The molecule has 0 saturated heterocycles. The molecule has 3 rings (SSSR count). The number of ketones is 1. The van der Waals surface area contributed by atoms with Gasteiger partial charge in [-0.1, -0.05) is 12.1 Å². The molecule has 6 heteroatoms. The number of aromatic nitrogens is 3. The van der Waals surface area contributed by atoms with Gasteiger partial charge in [0, 0.05) is 48.0 Å². The molecule has 0 radical (unpaired) electrons. The molecule has 2 aromatic heterocycles. The van der Waals surface area contributed by atoms with Crippen molar-refractivity contribution in [2.45, 2.75) is 25.5 Å². The first-order valence-electron chi connectivity index (χ1n) is 7.03. The van der Waals surface area contributed by atoms with E-state index in [4.69, 9.17) is 0 Å². The van der Waals surface area contributed by atoms with Crippen molar-refractivity contribution in [3.8, 4) is 0 Å². The number of pyridine rings is 1.